The van der Waals surface area contributed by atoms with E-state index in [-0.39, 0.29) is 11.8 Å². The molecule has 3 rings (SSSR count). The van der Waals surface area contributed by atoms with E-state index < -0.39 is 5.91 Å². The third-order valence-corrected chi connectivity index (χ3v) is 4.58. The molecule has 1 saturated heterocycles. The second kappa shape index (κ2) is 7.47. The first-order valence-electron chi connectivity index (χ1n) is 7.29. The van der Waals surface area contributed by atoms with Crippen molar-refractivity contribution in [2.24, 2.45) is 0 Å². The number of para-hydroxylation sites is 1. The van der Waals surface area contributed by atoms with Crippen LogP contribution in [0.4, 0.5) is 10.5 Å². The number of halogens is 1. The Morgan fingerprint density at radius 1 is 1.16 bits per heavy atom. The molecule has 4 nitrogen and oxygen atoms in total. The number of hydrogen-bond acceptors (Lipinski definition) is 4. The minimum absolute atomic E-state index is 0.191. The summed E-state index contributed by atoms with van der Waals surface area (Å²) in [5.41, 5.74) is 1.16. The van der Waals surface area contributed by atoms with Gasteiger partial charge >= 0.3 is 0 Å². The molecule has 1 heterocycles. The van der Waals surface area contributed by atoms with E-state index in [4.69, 9.17) is 22.8 Å². The minimum atomic E-state index is -0.393. The monoisotopic (exact) mass is 369 g/mol. The molecule has 0 bridgehead atoms. The van der Waals surface area contributed by atoms with Crippen molar-refractivity contribution in [3.8, 4) is 18.1 Å². The van der Waals surface area contributed by atoms with Crippen molar-refractivity contribution in [1.82, 2.24) is 0 Å². The zero-order chi connectivity index (χ0) is 17.8. The number of imide groups is 1. The minimum Gasteiger partial charge on any atom is -0.481 e. The number of anilines is 1. The van der Waals surface area contributed by atoms with Gasteiger partial charge in [-0.2, -0.15) is 0 Å². The van der Waals surface area contributed by atoms with Crippen LogP contribution < -0.4 is 9.64 Å². The van der Waals surface area contributed by atoms with E-state index in [2.05, 4.69) is 5.92 Å². The number of benzene rings is 2. The van der Waals surface area contributed by atoms with Crippen LogP contribution in [0.1, 0.15) is 5.56 Å². The van der Waals surface area contributed by atoms with Crippen molar-refractivity contribution in [2.75, 3.05) is 11.5 Å². The number of carbonyl (C=O) groups excluding carboxylic acids is 2. The van der Waals surface area contributed by atoms with Crippen molar-refractivity contribution >= 4 is 46.3 Å². The lowest BCUT2D eigenvalue weighted by Crippen LogP contribution is -2.27. The van der Waals surface area contributed by atoms with E-state index in [0.717, 1.165) is 22.2 Å². The molecule has 0 aliphatic carbocycles. The van der Waals surface area contributed by atoms with Crippen LogP contribution in [0.5, 0.6) is 5.75 Å². The quantitative estimate of drug-likeness (QED) is 0.584. The van der Waals surface area contributed by atoms with Crippen molar-refractivity contribution in [3.05, 3.63) is 64.0 Å². The molecule has 0 radical (unpaired) electrons. The number of carbonyl (C=O) groups is 2. The van der Waals surface area contributed by atoms with Crippen LogP contribution in [0, 0.1) is 12.3 Å². The van der Waals surface area contributed by atoms with Gasteiger partial charge < -0.3 is 4.74 Å². The Hall–Kier alpha value is -2.68. The second-order valence-corrected chi connectivity index (χ2v) is 6.43. The molecule has 6 heteroatoms. The number of rotatable bonds is 4. The van der Waals surface area contributed by atoms with E-state index in [1.54, 1.807) is 54.6 Å². The van der Waals surface area contributed by atoms with Gasteiger partial charge in [-0.1, -0.05) is 41.8 Å². The standard InChI is InChI=1S/C19H12ClNO3S/c1-2-11-24-14-9-7-13(8-10-14)12-17-18(22)21(19(23)25-17)16-6-4-3-5-15(16)20/h1,3-10,12H,11H2/b17-12-. The van der Waals surface area contributed by atoms with E-state index in [1.807, 2.05) is 0 Å². The summed E-state index contributed by atoms with van der Waals surface area (Å²) in [6.45, 7) is 0.191. The molecule has 1 aliphatic heterocycles. The predicted octanol–water partition coefficient (Wildman–Crippen LogP) is 4.59. The summed E-state index contributed by atoms with van der Waals surface area (Å²) in [5.74, 6) is 2.63. The lowest BCUT2D eigenvalue weighted by atomic mass is 10.2. The fraction of sp³-hybridized carbons (Fsp3) is 0.0526. The lowest BCUT2D eigenvalue weighted by molar-refractivity contribution is -0.113. The first kappa shape index (κ1) is 17.2. The summed E-state index contributed by atoms with van der Waals surface area (Å²) < 4.78 is 5.30. The molecule has 0 spiro atoms. The van der Waals surface area contributed by atoms with Gasteiger partial charge in [0.15, 0.2) is 0 Å². The largest absolute Gasteiger partial charge is 0.481 e. The van der Waals surface area contributed by atoms with E-state index >= 15 is 0 Å². The third-order valence-electron chi connectivity index (χ3n) is 3.39. The first-order valence-corrected chi connectivity index (χ1v) is 8.48. The Kier molecular flexibility index (Phi) is 5.13. The third kappa shape index (κ3) is 3.71. The smallest absolute Gasteiger partial charge is 0.298 e. The number of amides is 2. The number of thioether (sulfide) groups is 1. The molecule has 0 unspecified atom stereocenters. The SMILES string of the molecule is C#CCOc1ccc(/C=C2\SC(=O)N(c3ccccc3Cl)C2=O)cc1. The summed E-state index contributed by atoms with van der Waals surface area (Å²) >= 11 is 6.98. The van der Waals surface area contributed by atoms with Crippen molar-refractivity contribution in [1.29, 1.82) is 0 Å². The number of ether oxygens (including phenoxy) is 1. The highest BCUT2D eigenvalue weighted by molar-refractivity contribution is 8.19. The predicted molar refractivity (Wildman–Crippen MR) is 101 cm³/mol. The second-order valence-electron chi connectivity index (χ2n) is 5.03. The Morgan fingerprint density at radius 2 is 1.88 bits per heavy atom. The number of hydrogen-bond donors (Lipinski definition) is 0. The Balaban J connectivity index is 1.83. The van der Waals surface area contributed by atoms with Crippen molar-refractivity contribution in [3.63, 3.8) is 0 Å². The van der Waals surface area contributed by atoms with Gasteiger partial charge in [0, 0.05) is 0 Å². The van der Waals surface area contributed by atoms with Crippen LogP contribution >= 0.6 is 23.4 Å². The van der Waals surface area contributed by atoms with Gasteiger partial charge in [-0.05, 0) is 47.7 Å². The highest BCUT2D eigenvalue weighted by atomic mass is 35.5. The molecule has 1 aliphatic rings. The zero-order valence-corrected chi connectivity index (χ0v) is 14.5. The summed E-state index contributed by atoms with van der Waals surface area (Å²) in [5, 5.41) is -0.0283. The first-order chi connectivity index (χ1) is 12.1. The van der Waals surface area contributed by atoms with Gasteiger partial charge in [-0.25, -0.2) is 4.90 Å². The van der Waals surface area contributed by atoms with Crippen LogP contribution in [0.3, 0.4) is 0 Å². The molecule has 0 N–H and O–H groups in total. The van der Waals surface area contributed by atoms with Crippen LogP contribution in [0.2, 0.25) is 5.02 Å². The maximum Gasteiger partial charge on any atom is 0.298 e. The zero-order valence-electron chi connectivity index (χ0n) is 12.9. The number of terminal acetylenes is 1. The van der Waals surface area contributed by atoms with Gasteiger partial charge in [0.05, 0.1) is 15.6 Å². The molecule has 25 heavy (non-hydrogen) atoms. The lowest BCUT2D eigenvalue weighted by Gasteiger charge is -2.13. The van der Waals surface area contributed by atoms with Crippen molar-refractivity contribution < 1.29 is 14.3 Å². The normalized spacial score (nSPS) is 15.5. The van der Waals surface area contributed by atoms with Crippen LogP contribution in [0.15, 0.2) is 53.4 Å². The molecule has 1 fully saturated rings. The van der Waals surface area contributed by atoms with Crippen molar-refractivity contribution in [2.45, 2.75) is 0 Å². The Morgan fingerprint density at radius 3 is 2.56 bits per heavy atom. The summed E-state index contributed by atoms with van der Waals surface area (Å²) in [6, 6.07) is 13.8. The van der Waals surface area contributed by atoms with Crippen LogP contribution in [0.25, 0.3) is 6.08 Å². The average molecular weight is 370 g/mol. The molecule has 0 aromatic heterocycles. The molecule has 124 valence electrons. The van der Waals surface area contributed by atoms with Gasteiger partial charge in [0.25, 0.3) is 11.1 Å². The van der Waals surface area contributed by atoms with Gasteiger partial charge in [-0.3, -0.25) is 9.59 Å². The molecule has 2 amide bonds. The van der Waals surface area contributed by atoms with Gasteiger partial charge in [-0.15, -0.1) is 6.42 Å². The maximum absolute atomic E-state index is 12.6. The summed E-state index contributed by atoms with van der Waals surface area (Å²) in [6.07, 6.45) is 6.80. The molecule has 0 saturated carbocycles. The highest BCUT2D eigenvalue weighted by Crippen LogP contribution is 2.38. The summed E-state index contributed by atoms with van der Waals surface area (Å²) in [4.78, 5) is 26.3. The highest BCUT2D eigenvalue weighted by Gasteiger charge is 2.37. The molecule has 2 aromatic carbocycles. The fourth-order valence-electron chi connectivity index (χ4n) is 2.25. The van der Waals surface area contributed by atoms with Gasteiger partial charge in [0.1, 0.15) is 12.4 Å². The molecule has 2 aromatic rings. The average Bonchev–Trinajstić information content (AvgIpc) is 2.89. The Labute approximate surface area is 154 Å². The molecular weight excluding hydrogens is 358 g/mol. The fourth-order valence-corrected chi connectivity index (χ4v) is 3.30. The van der Waals surface area contributed by atoms with E-state index in [1.165, 1.54) is 0 Å². The van der Waals surface area contributed by atoms with Gasteiger partial charge in [0.2, 0.25) is 0 Å². The number of nitrogens with zero attached hydrogens (tertiary/aromatic N) is 1. The van der Waals surface area contributed by atoms with Crippen LogP contribution in [-0.4, -0.2) is 17.8 Å². The maximum atomic E-state index is 12.6. The topological polar surface area (TPSA) is 46.6 Å². The summed E-state index contributed by atoms with van der Waals surface area (Å²) in [7, 11) is 0. The molecular formula is C19H12ClNO3S. The Bertz CT molecular complexity index is 900. The molecule has 0 atom stereocenters. The van der Waals surface area contributed by atoms with E-state index in [0.29, 0.717) is 21.4 Å². The van der Waals surface area contributed by atoms with E-state index in [9.17, 15) is 9.59 Å². The van der Waals surface area contributed by atoms with Crippen LogP contribution in [-0.2, 0) is 4.79 Å².